The van der Waals surface area contributed by atoms with Crippen LogP contribution in [0.3, 0.4) is 0 Å². The highest BCUT2D eigenvalue weighted by Crippen LogP contribution is 2.18. The van der Waals surface area contributed by atoms with Crippen molar-refractivity contribution in [1.82, 2.24) is 14.7 Å². The zero-order valence-electron chi connectivity index (χ0n) is 11.2. The molecule has 0 saturated carbocycles. The Kier molecular flexibility index (Phi) is 3.65. The van der Waals surface area contributed by atoms with E-state index in [1.165, 1.54) is 0 Å². The van der Waals surface area contributed by atoms with Gasteiger partial charge in [0.1, 0.15) is 0 Å². The smallest absolute Gasteiger partial charge is 0.274 e. The van der Waals surface area contributed by atoms with Crippen LogP contribution in [-0.4, -0.2) is 34.2 Å². The van der Waals surface area contributed by atoms with Gasteiger partial charge >= 0.3 is 0 Å². The van der Waals surface area contributed by atoms with E-state index in [2.05, 4.69) is 12.0 Å². The number of carbonyl (C=O) groups is 1. The second-order valence-corrected chi connectivity index (χ2v) is 4.57. The molecule has 0 atom stereocenters. The molecule has 1 amide bonds. The molecule has 1 aromatic heterocycles. The van der Waals surface area contributed by atoms with Crippen LogP contribution in [0.25, 0.3) is 10.9 Å². The molecule has 0 spiro atoms. The number of benzene rings is 1. The van der Waals surface area contributed by atoms with Gasteiger partial charge in [-0.15, -0.1) is 0 Å². The van der Waals surface area contributed by atoms with E-state index in [0.717, 1.165) is 30.3 Å². The zero-order valence-corrected chi connectivity index (χ0v) is 11.2. The molecular weight excluding hydrogens is 226 g/mol. The summed E-state index contributed by atoms with van der Waals surface area (Å²) in [6.45, 7) is 2.90. The van der Waals surface area contributed by atoms with E-state index in [0.29, 0.717) is 5.69 Å². The number of aryl methyl sites for hydroxylation is 1. The lowest BCUT2D eigenvalue weighted by molar-refractivity contribution is 0.0788. The van der Waals surface area contributed by atoms with Crippen LogP contribution in [-0.2, 0) is 7.05 Å². The first-order chi connectivity index (χ1) is 8.65. The first-order valence-electron chi connectivity index (χ1n) is 6.32. The van der Waals surface area contributed by atoms with Crippen LogP contribution in [0, 0.1) is 0 Å². The summed E-state index contributed by atoms with van der Waals surface area (Å²) in [5, 5.41) is 5.27. The molecule has 4 heteroatoms. The highest BCUT2D eigenvalue weighted by Gasteiger charge is 2.18. The van der Waals surface area contributed by atoms with E-state index in [1.807, 2.05) is 38.4 Å². The number of amides is 1. The predicted molar refractivity (Wildman–Crippen MR) is 72.6 cm³/mol. The molecule has 2 aromatic rings. The summed E-state index contributed by atoms with van der Waals surface area (Å²) in [4.78, 5) is 14.1. The minimum Gasteiger partial charge on any atom is -0.340 e. The molecule has 1 heterocycles. The Morgan fingerprint density at radius 3 is 2.83 bits per heavy atom. The van der Waals surface area contributed by atoms with Gasteiger partial charge in [0.25, 0.3) is 5.91 Å². The maximum atomic E-state index is 12.3. The van der Waals surface area contributed by atoms with Crippen LogP contribution >= 0.6 is 0 Å². The minimum absolute atomic E-state index is 0.000231. The molecule has 0 bridgehead atoms. The number of carbonyl (C=O) groups excluding carboxylic acids is 1. The Morgan fingerprint density at radius 1 is 1.39 bits per heavy atom. The Morgan fingerprint density at radius 2 is 2.11 bits per heavy atom. The van der Waals surface area contributed by atoms with Crippen LogP contribution in [0.1, 0.15) is 30.3 Å². The molecule has 0 radical (unpaired) electrons. The van der Waals surface area contributed by atoms with E-state index in [-0.39, 0.29) is 5.91 Å². The van der Waals surface area contributed by atoms with Crippen molar-refractivity contribution in [3.63, 3.8) is 0 Å². The Bertz CT molecular complexity index is 559. The summed E-state index contributed by atoms with van der Waals surface area (Å²) in [5.41, 5.74) is 1.54. The predicted octanol–water partition coefficient (Wildman–Crippen LogP) is 2.45. The molecule has 0 unspecified atom stereocenters. The quantitative estimate of drug-likeness (QED) is 0.829. The van der Waals surface area contributed by atoms with Gasteiger partial charge in [0.15, 0.2) is 5.69 Å². The monoisotopic (exact) mass is 245 g/mol. The van der Waals surface area contributed by atoms with Gasteiger partial charge in [-0.3, -0.25) is 9.48 Å². The fourth-order valence-corrected chi connectivity index (χ4v) is 2.05. The van der Waals surface area contributed by atoms with Gasteiger partial charge in [0, 0.05) is 26.0 Å². The van der Waals surface area contributed by atoms with E-state index < -0.39 is 0 Å². The SMILES string of the molecule is CCCCN(C)C(=O)c1nn(C)c2ccccc12. The lowest BCUT2D eigenvalue weighted by atomic mass is 10.2. The highest BCUT2D eigenvalue weighted by atomic mass is 16.2. The van der Waals surface area contributed by atoms with Crippen molar-refractivity contribution in [2.45, 2.75) is 19.8 Å². The average molecular weight is 245 g/mol. The number of fused-ring (bicyclic) bond motifs is 1. The van der Waals surface area contributed by atoms with Crippen molar-refractivity contribution < 1.29 is 4.79 Å². The van der Waals surface area contributed by atoms with Gasteiger partial charge in [-0.05, 0) is 12.5 Å². The standard InChI is InChI=1S/C14H19N3O/c1-4-5-10-16(2)14(18)13-11-8-6-7-9-12(11)17(3)15-13/h6-9H,4-5,10H2,1-3H3. The van der Waals surface area contributed by atoms with Crippen molar-refractivity contribution in [3.8, 4) is 0 Å². The Labute approximate surface area is 107 Å². The molecule has 0 N–H and O–H groups in total. The third-order valence-corrected chi connectivity index (χ3v) is 3.15. The van der Waals surface area contributed by atoms with Gasteiger partial charge in [-0.25, -0.2) is 0 Å². The number of nitrogens with zero attached hydrogens (tertiary/aromatic N) is 3. The van der Waals surface area contributed by atoms with E-state index in [9.17, 15) is 4.79 Å². The molecule has 0 fully saturated rings. The molecule has 1 aromatic carbocycles. The normalized spacial score (nSPS) is 10.8. The van der Waals surface area contributed by atoms with E-state index in [1.54, 1.807) is 9.58 Å². The summed E-state index contributed by atoms with van der Waals surface area (Å²) in [5.74, 6) is 0.000231. The fraction of sp³-hybridized carbons (Fsp3) is 0.429. The molecule has 18 heavy (non-hydrogen) atoms. The third-order valence-electron chi connectivity index (χ3n) is 3.15. The molecule has 96 valence electrons. The lowest BCUT2D eigenvalue weighted by Crippen LogP contribution is -2.28. The lowest BCUT2D eigenvalue weighted by Gasteiger charge is -2.15. The van der Waals surface area contributed by atoms with Gasteiger partial charge in [0.2, 0.25) is 0 Å². The number of unbranched alkanes of at least 4 members (excludes halogenated alkanes) is 1. The zero-order chi connectivity index (χ0) is 13.1. The number of aromatic nitrogens is 2. The third kappa shape index (κ3) is 2.23. The number of hydrogen-bond donors (Lipinski definition) is 0. The van der Waals surface area contributed by atoms with E-state index in [4.69, 9.17) is 0 Å². The number of hydrogen-bond acceptors (Lipinski definition) is 2. The first kappa shape index (κ1) is 12.6. The maximum Gasteiger partial charge on any atom is 0.274 e. The highest BCUT2D eigenvalue weighted by molar-refractivity contribution is 6.04. The first-order valence-corrected chi connectivity index (χ1v) is 6.32. The van der Waals surface area contributed by atoms with Crippen molar-refractivity contribution in [3.05, 3.63) is 30.0 Å². The number of para-hydroxylation sites is 1. The van der Waals surface area contributed by atoms with Crippen LogP contribution < -0.4 is 0 Å². The molecule has 0 aliphatic heterocycles. The van der Waals surface area contributed by atoms with Gasteiger partial charge in [0.05, 0.1) is 5.52 Å². The summed E-state index contributed by atoms with van der Waals surface area (Å²) in [6.07, 6.45) is 2.10. The molecule has 0 aliphatic rings. The molecule has 0 aliphatic carbocycles. The molecular formula is C14H19N3O. The van der Waals surface area contributed by atoms with Gasteiger partial charge < -0.3 is 4.90 Å². The van der Waals surface area contributed by atoms with Crippen molar-refractivity contribution in [2.75, 3.05) is 13.6 Å². The number of rotatable bonds is 4. The van der Waals surface area contributed by atoms with Gasteiger partial charge in [-0.1, -0.05) is 31.5 Å². The second-order valence-electron chi connectivity index (χ2n) is 4.57. The molecule has 0 saturated heterocycles. The maximum absolute atomic E-state index is 12.3. The molecule has 2 rings (SSSR count). The van der Waals surface area contributed by atoms with Crippen molar-refractivity contribution in [1.29, 1.82) is 0 Å². The summed E-state index contributed by atoms with van der Waals surface area (Å²) < 4.78 is 1.76. The van der Waals surface area contributed by atoms with Crippen molar-refractivity contribution >= 4 is 16.8 Å². The van der Waals surface area contributed by atoms with E-state index >= 15 is 0 Å². The molecule has 4 nitrogen and oxygen atoms in total. The van der Waals surface area contributed by atoms with Gasteiger partial charge in [-0.2, -0.15) is 5.10 Å². The second kappa shape index (κ2) is 5.21. The van der Waals surface area contributed by atoms with Crippen LogP contribution in [0.2, 0.25) is 0 Å². The minimum atomic E-state index is 0.000231. The average Bonchev–Trinajstić information content (AvgIpc) is 2.73. The fourth-order valence-electron chi connectivity index (χ4n) is 2.05. The van der Waals surface area contributed by atoms with Crippen LogP contribution in [0.15, 0.2) is 24.3 Å². The largest absolute Gasteiger partial charge is 0.340 e. The van der Waals surface area contributed by atoms with Crippen molar-refractivity contribution in [2.24, 2.45) is 7.05 Å². The van der Waals surface area contributed by atoms with Crippen LogP contribution in [0.4, 0.5) is 0 Å². The Balaban J connectivity index is 2.33. The topological polar surface area (TPSA) is 38.1 Å². The summed E-state index contributed by atoms with van der Waals surface area (Å²) >= 11 is 0. The Hall–Kier alpha value is -1.84. The summed E-state index contributed by atoms with van der Waals surface area (Å²) in [6, 6.07) is 7.82. The van der Waals surface area contributed by atoms with Crippen LogP contribution in [0.5, 0.6) is 0 Å². The summed E-state index contributed by atoms with van der Waals surface area (Å²) in [7, 11) is 3.70.